The van der Waals surface area contributed by atoms with E-state index in [1.54, 1.807) is 0 Å². The summed E-state index contributed by atoms with van der Waals surface area (Å²) < 4.78 is 0. The number of carbonyl (C=O) groups excluding carboxylic acids is 1. The molecule has 2 aromatic rings. The van der Waals surface area contributed by atoms with Gasteiger partial charge in [0.05, 0.1) is 6.10 Å². The summed E-state index contributed by atoms with van der Waals surface area (Å²) in [5.74, 6) is 0.0395. The van der Waals surface area contributed by atoms with E-state index in [1.165, 1.54) is 0 Å². The van der Waals surface area contributed by atoms with Gasteiger partial charge in [0.25, 0.3) is 0 Å². The number of hydrogen-bond acceptors (Lipinski definition) is 2. The first-order chi connectivity index (χ1) is 10.4. The fourth-order valence-corrected chi connectivity index (χ4v) is 2.59. The SMILES string of the molecule is CC(C)(C)CC(=O)NCCC(O)c1cccc2ccccc12. The first kappa shape index (κ1) is 16.5. The van der Waals surface area contributed by atoms with E-state index in [2.05, 4.69) is 5.32 Å². The summed E-state index contributed by atoms with van der Waals surface area (Å²) in [7, 11) is 0. The van der Waals surface area contributed by atoms with Crippen molar-refractivity contribution in [2.75, 3.05) is 6.54 Å². The summed E-state index contributed by atoms with van der Waals surface area (Å²) in [5, 5.41) is 15.5. The molecule has 1 amide bonds. The van der Waals surface area contributed by atoms with Crippen LogP contribution in [0.2, 0.25) is 0 Å². The Kier molecular flexibility index (Phi) is 5.19. The second kappa shape index (κ2) is 6.93. The molecule has 2 N–H and O–H groups in total. The first-order valence-corrected chi connectivity index (χ1v) is 7.79. The Labute approximate surface area is 132 Å². The Hall–Kier alpha value is -1.87. The smallest absolute Gasteiger partial charge is 0.220 e. The average Bonchev–Trinajstić information content (AvgIpc) is 2.44. The number of nitrogens with one attached hydrogen (secondary N) is 1. The van der Waals surface area contributed by atoms with Crippen molar-refractivity contribution >= 4 is 16.7 Å². The van der Waals surface area contributed by atoms with Crippen molar-refractivity contribution in [3.63, 3.8) is 0 Å². The highest BCUT2D eigenvalue weighted by atomic mass is 16.3. The van der Waals surface area contributed by atoms with E-state index in [0.29, 0.717) is 19.4 Å². The maximum absolute atomic E-state index is 11.8. The van der Waals surface area contributed by atoms with Crippen LogP contribution < -0.4 is 5.32 Å². The number of aliphatic hydroxyl groups is 1. The Morgan fingerprint density at radius 1 is 1.14 bits per heavy atom. The molecule has 0 fully saturated rings. The molecular formula is C19H25NO2. The van der Waals surface area contributed by atoms with Crippen molar-refractivity contribution in [1.29, 1.82) is 0 Å². The molecule has 1 atom stereocenters. The van der Waals surface area contributed by atoms with Crippen molar-refractivity contribution in [3.8, 4) is 0 Å². The molecule has 0 aliphatic heterocycles. The van der Waals surface area contributed by atoms with Gasteiger partial charge in [0.15, 0.2) is 0 Å². The predicted octanol–water partition coefficient (Wildman–Crippen LogP) is 3.82. The molecule has 0 spiro atoms. The van der Waals surface area contributed by atoms with Gasteiger partial charge in [0.1, 0.15) is 0 Å². The Balaban J connectivity index is 1.95. The van der Waals surface area contributed by atoms with Gasteiger partial charge >= 0.3 is 0 Å². The normalized spacial score (nSPS) is 13.1. The molecule has 2 aromatic carbocycles. The van der Waals surface area contributed by atoms with Gasteiger partial charge in [0, 0.05) is 13.0 Å². The number of rotatable bonds is 5. The molecule has 0 heterocycles. The molecule has 0 bridgehead atoms. The topological polar surface area (TPSA) is 49.3 Å². The lowest BCUT2D eigenvalue weighted by Gasteiger charge is -2.18. The Morgan fingerprint density at radius 2 is 1.82 bits per heavy atom. The summed E-state index contributed by atoms with van der Waals surface area (Å²) in [6, 6.07) is 14.0. The highest BCUT2D eigenvalue weighted by Gasteiger charge is 2.16. The third-order valence-electron chi connectivity index (χ3n) is 3.61. The van der Waals surface area contributed by atoms with Crippen LogP contribution in [-0.2, 0) is 4.79 Å². The van der Waals surface area contributed by atoms with E-state index < -0.39 is 6.10 Å². The van der Waals surface area contributed by atoms with Gasteiger partial charge in [0.2, 0.25) is 5.91 Å². The van der Waals surface area contributed by atoms with Gasteiger partial charge < -0.3 is 10.4 Å². The second-order valence-corrected chi connectivity index (χ2v) is 6.96. The molecule has 0 aliphatic carbocycles. The minimum Gasteiger partial charge on any atom is -0.388 e. The lowest BCUT2D eigenvalue weighted by molar-refractivity contribution is -0.122. The Morgan fingerprint density at radius 3 is 2.55 bits per heavy atom. The molecule has 1 unspecified atom stereocenters. The predicted molar refractivity (Wildman–Crippen MR) is 90.6 cm³/mol. The zero-order valence-electron chi connectivity index (χ0n) is 13.6. The van der Waals surface area contributed by atoms with Crippen LogP contribution in [-0.4, -0.2) is 17.6 Å². The van der Waals surface area contributed by atoms with E-state index in [9.17, 15) is 9.90 Å². The second-order valence-electron chi connectivity index (χ2n) is 6.96. The minimum absolute atomic E-state index is 0.0155. The molecule has 2 rings (SSSR count). The standard InChI is InChI=1S/C19H25NO2/c1-19(2,3)13-18(22)20-12-11-17(21)16-10-6-8-14-7-4-5-9-15(14)16/h4-10,17,21H,11-13H2,1-3H3,(H,20,22). The largest absolute Gasteiger partial charge is 0.388 e. The van der Waals surface area contributed by atoms with Crippen LogP contribution in [0, 0.1) is 5.41 Å². The van der Waals surface area contributed by atoms with Crippen LogP contribution in [0.5, 0.6) is 0 Å². The quantitative estimate of drug-likeness (QED) is 0.882. The van der Waals surface area contributed by atoms with Gasteiger partial charge in [-0.25, -0.2) is 0 Å². The molecular weight excluding hydrogens is 274 g/mol. The van der Waals surface area contributed by atoms with E-state index in [0.717, 1.165) is 16.3 Å². The highest BCUT2D eigenvalue weighted by Crippen LogP contribution is 2.26. The number of fused-ring (bicyclic) bond motifs is 1. The first-order valence-electron chi connectivity index (χ1n) is 7.79. The molecule has 0 radical (unpaired) electrons. The van der Waals surface area contributed by atoms with Gasteiger partial charge in [-0.3, -0.25) is 4.79 Å². The van der Waals surface area contributed by atoms with Crippen LogP contribution in [0.15, 0.2) is 42.5 Å². The lowest BCUT2D eigenvalue weighted by Crippen LogP contribution is -2.29. The van der Waals surface area contributed by atoms with Crippen molar-refractivity contribution in [2.45, 2.75) is 39.7 Å². The minimum atomic E-state index is -0.568. The van der Waals surface area contributed by atoms with Crippen molar-refractivity contribution in [1.82, 2.24) is 5.32 Å². The van der Waals surface area contributed by atoms with E-state index in [1.807, 2.05) is 63.2 Å². The maximum Gasteiger partial charge on any atom is 0.220 e. The third kappa shape index (κ3) is 4.57. The van der Waals surface area contributed by atoms with Crippen molar-refractivity contribution in [3.05, 3.63) is 48.0 Å². The summed E-state index contributed by atoms with van der Waals surface area (Å²) in [6.45, 7) is 6.60. The Bertz CT molecular complexity index is 638. The summed E-state index contributed by atoms with van der Waals surface area (Å²) in [5.41, 5.74) is 0.904. The molecule has 0 aromatic heterocycles. The number of benzene rings is 2. The molecule has 0 saturated carbocycles. The van der Waals surface area contributed by atoms with Crippen LogP contribution in [0.1, 0.15) is 45.3 Å². The summed E-state index contributed by atoms with van der Waals surface area (Å²) in [4.78, 5) is 11.8. The average molecular weight is 299 g/mol. The van der Waals surface area contributed by atoms with Crippen LogP contribution in [0.4, 0.5) is 0 Å². The maximum atomic E-state index is 11.8. The molecule has 3 heteroatoms. The monoisotopic (exact) mass is 299 g/mol. The number of hydrogen-bond donors (Lipinski definition) is 2. The zero-order valence-corrected chi connectivity index (χ0v) is 13.6. The molecule has 22 heavy (non-hydrogen) atoms. The molecule has 3 nitrogen and oxygen atoms in total. The van der Waals surface area contributed by atoms with Crippen LogP contribution >= 0.6 is 0 Å². The fraction of sp³-hybridized carbons (Fsp3) is 0.421. The van der Waals surface area contributed by atoms with Gasteiger partial charge in [-0.1, -0.05) is 63.2 Å². The lowest BCUT2D eigenvalue weighted by atomic mass is 9.92. The van der Waals surface area contributed by atoms with E-state index in [-0.39, 0.29) is 11.3 Å². The number of aliphatic hydroxyl groups excluding tert-OH is 1. The summed E-state index contributed by atoms with van der Waals surface area (Å²) >= 11 is 0. The molecule has 118 valence electrons. The van der Waals surface area contributed by atoms with Crippen LogP contribution in [0.25, 0.3) is 10.8 Å². The third-order valence-corrected chi connectivity index (χ3v) is 3.61. The zero-order chi connectivity index (χ0) is 16.2. The van der Waals surface area contributed by atoms with Gasteiger partial charge in [-0.2, -0.15) is 0 Å². The van der Waals surface area contributed by atoms with Crippen molar-refractivity contribution < 1.29 is 9.90 Å². The van der Waals surface area contributed by atoms with Crippen molar-refractivity contribution in [2.24, 2.45) is 5.41 Å². The molecule has 0 aliphatic rings. The molecule has 0 saturated heterocycles. The fourth-order valence-electron chi connectivity index (χ4n) is 2.59. The van der Waals surface area contributed by atoms with Gasteiger partial charge in [-0.15, -0.1) is 0 Å². The van der Waals surface area contributed by atoms with Gasteiger partial charge in [-0.05, 0) is 28.2 Å². The van der Waals surface area contributed by atoms with Crippen LogP contribution in [0.3, 0.4) is 0 Å². The number of carbonyl (C=O) groups is 1. The highest BCUT2D eigenvalue weighted by molar-refractivity contribution is 5.86. The van der Waals surface area contributed by atoms with E-state index in [4.69, 9.17) is 0 Å². The van der Waals surface area contributed by atoms with E-state index >= 15 is 0 Å². The number of amides is 1. The summed E-state index contributed by atoms with van der Waals surface area (Å²) in [6.07, 6.45) is 0.447.